The topological polar surface area (TPSA) is 45.5 Å². The van der Waals surface area contributed by atoms with E-state index in [2.05, 4.69) is 75.9 Å². The zero-order valence-corrected chi connectivity index (χ0v) is 16.5. The van der Waals surface area contributed by atoms with E-state index in [0.717, 1.165) is 35.0 Å². The van der Waals surface area contributed by atoms with Crippen molar-refractivity contribution in [1.82, 2.24) is 19.8 Å². The fourth-order valence-electron chi connectivity index (χ4n) is 2.24. The average Bonchev–Trinajstić information content (AvgIpc) is 3.10. The van der Waals surface area contributed by atoms with Crippen molar-refractivity contribution in [1.29, 1.82) is 0 Å². The molecule has 126 valence electrons. The number of nitrogens with zero attached hydrogens (tertiary/aromatic N) is 4. The Morgan fingerprint density at radius 2 is 2.26 bits per heavy atom. The molecule has 1 N–H and O–H groups in total. The van der Waals surface area contributed by atoms with Gasteiger partial charge in [0, 0.05) is 48.1 Å². The van der Waals surface area contributed by atoms with Crippen molar-refractivity contribution in [2.75, 3.05) is 13.6 Å². The first-order valence-electron chi connectivity index (χ1n) is 7.77. The van der Waals surface area contributed by atoms with Crippen molar-refractivity contribution in [3.8, 4) is 0 Å². The highest BCUT2D eigenvalue weighted by atomic mass is 79.9. The number of thiazole rings is 1. The minimum Gasteiger partial charge on any atom is -0.357 e. The van der Waals surface area contributed by atoms with Crippen LogP contribution in [0.2, 0.25) is 0 Å². The van der Waals surface area contributed by atoms with Crippen molar-refractivity contribution in [2.24, 2.45) is 12.0 Å². The van der Waals surface area contributed by atoms with E-state index in [1.165, 1.54) is 10.6 Å². The molecule has 23 heavy (non-hydrogen) atoms. The second-order valence-corrected chi connectivity index (χ2v) is 7.48. The molecule has 0 fully saturated rings. The van der Waals surface area contributed by atoms with Gasteiger partial charge in [-0.05, 0) is 35.3 Å². The van der Waals surface area contributed by atoms with Gasteiger partial charge >= 0.3 is 0 Å². The van der Waals surface area contributed by atoms with Crippen molar-refractivity contribution in [3.63, 3.8) is 0 Å². The molecule has 0 aliphatic carbocycles. The van der Waals surface area contributed by atoms with Gasteiger partial charge in [0.15, 0.2) is 5.96 Å². The monoisotopic (exact) mass is 397 g/mol. The summed E-state index contributed by atoms with van der Waals surface area (Å²) < 4.78 is 3.22. The SMILES string of the molecule is CCNC(=NCc1ncc(CC)s1)N(C)Cc1cc(Br)cn1C. The molecule has 2 rings (SSSR count). The summed E-state index contributed by atoms with van der Waals surface area (Å²) in [6.07, 6.45) is 5.05. The molecule has 0 spiro atoms. The van der Waals surface area contributed by atoms with E-state index < -0.39 is 0 Å². The Labute approximate surface area is 150 Å². The van der Waals surface area contributed by atoms with E-state index in [1.54, 1.807) is 11.3 Å². The van der Waals surface area contributed by atoms with Crippen LogP contribution in [0.25, 0.3) is 0 Å². The quantitative estimate of drug-likeness (QED) is 0.599. The van der Waals surface area contributed by atoms with Crippen LogP contribution in [-0.2, 0) is 26.6 Å². The molecule has 0 amide bonds. The molecule has 0 atom stereocenters. The Hall–Kier alpha value is -1.34. The third kappa shape index (κ3) is 5.07. The van der Waals surface area contributed by atoms with Gasteiger partial charge in [0.25, 0.3) is 0 Å². The highest BCUT2D eigenvalue weighted by molar-refractivity contribution is 9.10. The lowest BCUT2D eigenvalue weighted by molar-refractivity contribution is 0.462. The molecular formula is C16H24BrN5S. The van der Waals surface area contributed by atoms with Gasteiger partial charge in [0.05, 0.1) is 13.1 Å². The Kier molecular flexibility index (Phi) is 6.65. The molecule has 0 bridgehead atoms. The Morgan fingerprint density at radius 3 is 2.83 bits per heavy atom. The van der Waals surface area contributed by atoms with Crippen molar-refractivity contribution >= 4 is 33.2 Å². The van der Waals surface area contributed by atoms with Gasteiger partial charge < -0.3 is 14.8 Å². The van der Waals surface area contributed by atoms with Gasteiger partial charge in [-0.2, -0.15) is 0 Å². The normalized spacial score (nSPS) is 11.8. The maximum absolute atomic E-state index is 4.72. The molecule has 0 unspecified atom stereocenters. The zero-order chi connectivity index (χ0) is 16.8. The van der Waals surface area contributed by atoms with Crippen LogP contribution >= 0.6 is 27.3 Å². The van der Waals surface area contributed by atoms with E-state index in [0.29, 0.717) is 6.54 Å². The molecule has 2 heterocycles. The van der Waals surface area contributed by atoms with Crippen LogP contribution in [-0.4, -0.2) is 34.0 Å². The first-order valence-corrected chi connectivity index (χ1v) is 9.38. The first kappa shape index (κ1) is 18.0. The average molecular weight is 398 g/mol. The van der Waals surface area contributed by atoms with Crippen molar-refractivity contribution < 1.29 is 0 Å². The maximum atomic E-state index is 4.72. The van der Waals surface area contributed by atoms with Gasteiger partial charge in [0.2, 0.25) is 0 Å². The molecule has 2 aromatic rings. The summed E-state index contributed by atoms with van der Waals surface area (Å²) in [6.45, 7) is 6.50. The molecule has 0 radical (unpaired) electrons. The highest BCUT2D eigenvalue weighted by Gasteiger charge is 2.10. The molecule has 0 aromatic carbocycles. The minimum atomic E-state index is 0.619. The van der Waals surface area contributed by atoms with Gasteiger partial charge in [-0.25, -0.2) is 9.98 Å². The standard InChI is InChI=1S/C16H24BrN5S/c1-5-14-8-19-15(23-14)9-20-16(18-6-2)22(4)11-13-7-12(17)10-21(13)3/h7-8,10H,5-6,9,11H2,1-4H3,(H,18,20). The van der Waals surface area contributed by atoms with Gasteiger partial charge in [-0.1, -0.05) is 6.92 Å². The Bertz CT molecular complexity index is 661. The summed E-state index contributed by atoms with van der Waals surface area (Å²) >= 11 is 5.26. The number of guanidine groups is 1. The molecular weight excluding hydrogens is 374 g/mol. The summed E-state index contributed by atoms with van der Waals surface area (Å²) in [5.74, 6) is 0.901. The van der Waals surface area contributed by atoms with Gasteiger partial charge in [-0.3, -0.25) is 0 Å². The second kappa shape index (κ2) is 8.49. The number of aliphatic imine (C=N–C) groups is 1. The molecule has 0 aliphatic heterocycles. The number of rotatable bonds is 6. The predicted octanol–water partition coefficient (Wildman–Crippen LogP) is 3.40. The van der Waals surface area contributed by atoms with Crippen LogP contribution in [0.4, 0.5) is 0 Å². The summed E-state index contributed by atoms with van der Waals surface area (Å²) in [6, 6.07) is 2.13. The summed E-state index contributed by atoms with van der Waals surface area (Å²) in [7, 11) is 4.11. The third-order valence-electron chi connectivity index (χ3n) is 3.48. The van der Waals surface area contributed by atoms with Crippen LogP contribution in [0.5, 0.6) is 0 Å². The van der Waals surface area contributed by atoms with Gasteiger partial charge in [-0.15, -0.1) is 11.3 Å². The summed E-state index contributed by atoms with van der Waals surface area (Å²) in [5.41, 5.74) is 1.23. The van der Waals surface area contributed by atoms with E-state index in [9.17, 15) is 0 Å². The minimum absolute atomic E-state index is 0.619. The number of halogens is 1. The lowest BCUT2D eigenvalue weighted by Crippen LogP contribution is -2.38. The number of aromatic nitrogens is 2. The molecule has 5 nitrogen and oxygen atoms in total. The van der Waals surface area contributed by atoms with Crippen LogP contribution in [0.15, 0.2) is 27.9 Å². The van der Waals surface area contributed by atoms with Crippen molar-refractivity contribution in [2.45, 2.75) is 33.4 Å². The predicted molar refractivity (Wildman–Crippen MR) is 101 cm³/mol. The van der Waals surface area contributed by atoms with E-state index in [1.807, 2.05) is 6.20 Å². The molecule has 0 saturated carbocycles. The lowest BCUT2D eigenvalue weighted by Gasteiger charge is -2.22. The van der Waals surface area contributed by atoms with E-state index in [4.69, 9.17) is 4.99 Å². The smallest absolute Gasteiger partial charge is 0.194 e. The number of nitrogens with one attached hydrogen (secondary N) is 1. The number of hydrogen-bond acceptors (Lipinski definition) is 3. The molecule has 0 saturated heterocycles. The fourth-order valence-corrected chi connectivity index (χ4v) is 3.60. The van der Waals surface area contributed by atoms with E-state index >= 15 is 0 Å². The third-order valence-corrected chi connectivity index (χ3v) is 5.04. The molecule has 7 heteroatoms. The van der Waals surface area contributed by atoms with Crippen molar-refractivity contribution in [3.05, 3.63) is 38.5 Å². The largest absolute Gasteiger partial charge is 0.357 e. The first-order chi connectivity index (χ1) is 11.0. The maximum Gasteiger partial charge on any atom is 0.194 e. The second-order valence-electron chi connectivity index (χ2n) is 5.36. The molecule has 0 aliphatic rings. The van der Waals surface area contributed by atoms with Gasteiger partial charge in [0.1, 0.15) is 5.01 Å². The Balaban J connectivity index is 2.06. The highest BCUT2D eigenvalue weighted by Crippen LogP contribution is 2.16. The summed E-state index contributed by atoms with van der Waals surface area (Å²) in [5, 5.41) is 4.41. The lowest BCUT2D eigenvalue weighted by atomic mass is 10.4. The zero-order valence-electron chi connectivity index (χ0n) is 14.1. The molecule has 2 aromatic heterocycles. The van der Waals surface area contributed by atoms with Crippen LogP contribution in [0.3, 0.4) is 0 Å². The fraction of sp³-hybridized carbons (Fsp3) is 0.500. The van der Waals surface area contributed by atoms with Crippen LogP contribution in [0.1, 0.15) is 29.4 Å². The number of hydrogen-bond donors (Lipinski definition) is 1. The Morgan fingerprint density at radius 1 is 1.48 bits per heavy atom. The number of aryl methyl sites for hydroxylation is 2. The van der Waals surface area contributed by atoms with E-state index in [-0.39, 0.29) is 0 Å². The summed E-state index contributed by atoms with van der Waals surface area (Å²) in [4.78, 5) is 12.6. The van der Waals surface area contributed by atoms with Crippen LogP contribution in [0, 0.1) is 0 Å². The van der Waals surface area contributed by atoms with Crippen LogP contribution < -0.4 is 5.32 Å².